The molecule has 0 radical (unpaired) electrons. The molecule has 7 nitrogen and oxygen atoms in total. The zero-order valence-corrected chi connectivity index (χ0v) is 13.7. The van der Waals surface area contributed by atoms with Crippen LogP contribution in [0.25, 0.3) is 22.1 Å². The first-order valence-electron chi connectivity index (χ1n) is 8.00. The Balaban J connectivity index is 1.44. The van der Waals surface area contributed by atoms with Crippen molar-refractivity contribution < 1.29 is 4.79 Å². The number of benzene rings is 2. The lowest BCUT2D eigenvalue weighted by Gasteiger charge is -2.05. The standard InChI is InChI=1S/C18H16N6O/c1-24-15-9-5-4-8-14(15)20-16(24)10-11-19-18(25)17-21-12-6-2-3-7-13(12)22-23-17/h2-9H,10-11H2,1H3,(H,19,25). The molecule has 0 atom stereocenters. The van der Waals surface area contributed by atoms with Gasteiger partial charge in [-0.15, -0.1) is 10.2 Å². The normalized spacial score (nSPS) is 11.1. The van der Waals surface area contributed by atoms with Crippen LogP contribution < -0.4 is 5.32 Å². The first-order valence-corrected chi connectivity index (χ1v) is 8.00. The van der Waals surface area contributed by atoms with Crippen LogP contribution in [0.5, 0.6) is 0 Å². The quantitative estimate of drug-likeness (QED) is 0.617. The number of rotatable bonds is 4. The van der Waals surface area contributed by atoms with E-state index in [1.165, 1.54) is 0 Å². The van der Waals surface area contributed by atoms with Gasteiger partial charge >= 0.3 is 0 Å². The van der Waals surface area contributed by atoms with E-state index in [-0.39, 0.29) is 11.7 Å². The third-order valence-electron chi connectivity index (χ3n) is 4.08. The number of hydrogen-bond donors (Lipinski definition) is 1. The average Bonchev–Trinajstić information content (AvgIpc) is 2.97. The summed E-state index contributed by atoms with van der Waals surface area (Å²) in [6.07, 6.45) is 0.623. The second-order valence-corrected chi connectivity index (χ2v) is 5.71. The smallest absolute Gasteiger partial charge is 0.291 e. The molecule has 4 aromatic rings. The van der Waals surface area contributed by atoms with E-state index in [0.29, 0.717) is 24.0 Å². The van der Waals surface area contributed by atoms with E-state index in [9.17, 15) is 4.79 Å². The van der Waals surface area contributed by atoms with Gasteiger partial charge in [0.15, 0.2) is 0 Å². The molecule has 2 aromatic carbocycles. The van der Waals surface area contributed by atoms with Crippen molar-refractivity contribution in [3.63, 3.8) is 0 Å². The minimum absolute atomic E-state index is 0.0729. The number of fused-ring (bicyclic) bond motifs is 2. The van der Waals surface area contributed by atoms with Crippen LogP contribution in [0.15, 0.2) is 48.5 Å². The van der Waals surface area contributed by atoms with Gasteiger partial charge in [0.25, 0.3) is 5.91 Å². The van der Waals surface area contributed by atoms with E-state index in [1.807, 2.05) is 54.1 Å². The third kappa shape index (κ3) is 2.91. The summed E-state index contributed by atoms with van der Waals surface area (Å²) >= 11 is 0. The first-order chi connectivity index (χ1) is 12.2. The highest BCUT2D eigenvalue weighted by atomic mass is 16.2. The van der Waals surface area contributed by atoms with Gasteiger partial charge in [0, 0.05) is 20.0 Å². The van der Waals surface area contributed by atoms with E-state index in [4.69, 9.17) is 0 Å². The van der Waals surface area contributed by atoms with Gasteiger partial charge < -0.3 is 9.88 Å². The molecule has 2 aromatic heterocycles. The largest absolute Gasteiger partial charge is 0.349 e. The van der Waals surface area contributed by atoms with Gasteiger partial charge in [0.1, 0.15) is 11.3 Å². The van der Waals surface area contributed by atoms with Crippen molar-refractivity contribution >= 4 is 28.0 Å². The number of imidazole rings is 1. The summed E-state index contributed by atoms with van der Waals surface area (Å²) in [5.74, 6) is 0.653. The number of aryl methyl sites for hydroxylation is 1. The van der Waals surface area contributed by atoms with Crippen LogP contribution in [0.3, 0.4) is 0 Å². The fourth-order valence-corrected chi connectivity index (χ4v) is 2.76. The highest BCUT2D eigenvalue weighted by Crippen LogP contribution is 2.14. The maximum absolute atomic E-state index is 12.2. The topological polar surface area (TPSA) is 85.6 Å². The summed E-state index contributed by atoms with van der Waals surface area (Å²) in [6.45, 7) is 0.451. The molecule has 0 aliphatic rings. The van der Waals surface area contributed by atoms with Crippen molar-refractivity contribution in [3.8, 4) is 0 Å². The van der Waals surface area contributed by atoms with Crippen LogP contribution in [0, 0.1) is 0 Å². The predicted octanol–water partition coefficient (Wildman–Crippen LogP) is 1.88. The van der Waals surface area contributed by atoms with E-state index in [0.717, 1.165) is 16.9 Å². The summed E-state index contributed by atoms with van der Waals surface area (Å²) in [7, 11) is 1.98. The summed E-state index contributed by atoms with van der Waals surface area (Å²) in [5, 5.41) is 10.7. The molecule has 4 rings (SSSR count). The number of amides is 1. The van der Waals surface area contributed by atoms with E-state index >= 15 is 0 Å². The highest BCUT2D eigenvalue weighted by Gasteiger charge is 2.12. The number of nitrogens with one attached hydrogen (secondary N) is 1. The van der Waals surface area contributed by atoms with E-state index < -0.39 is 0 Å². The average molecular weight is 332 g/mol. The zero-order chi connectivity index (χ0) is 17.2. The molecule has 0 aliphatic heterocycles. The van der Waals surface area contributed by atoms with Gasteiger partial charge in [0.05, 0.1) is 16.6 Å². The third-order valence-corrected chi connectivity index (χ3v) is 4.08. The monoisotopic (exact) mass is 332 g/mol. The molecule has 0 saturated carbocycles. The molecule has 1 N–H and O–H groups in total. The van der Waals surface area contributed by atoms with Crippen LogP contribution in [0.4, 0.5) is 0 Å². The molecule has 25 heavy (non-hydrogen) atoms. The summed E-state index contributed by atoms with van der Waals surface area (Å²) in [4.78, 5) is 21.1. The number of carbonyl (C=O) groups excluding carboxylic acids is 1. The van der Waals surface area contributed by atoms with Gasteiger partial charge in [-0.3, -0.25) is 4.79 Å². The summed E-state index contributed by atoms with van der Waals surface area (Å²) < 4.78 is 2.04. The van der Waals surface area contributed by atoms with Crippen molar-refractivity contribution in [2.75, 3.05) is 6.54 Å². The SMILES string of the molecule is Cn1c(CCNC(=O)c2nnc3ccccc3n2)nc2ccccc21. The maximum Gasteiger partial charge on any atom is 0.291 e. The lowest BCUT2D eigenvalue weighted by atomic mass is 10.3. The molecule has 0 spiro atoms. The van der Waals surface area contributed by atoms with Crippen LogP contribution >= 0.6 is 0 Å². The molecule has 0 unspecified atom stereocenters. The van der Waals surface area contributed by atoms with Crippen LogP contribution in [-0.2, 0) is 13.5 Å². The predicted molar refractivity (Wildman–Crippen MR) is 94.1 cm³/mol. The Morgan fingerprint density at radius 3 is 2.48 bits per heavy atom. The number of carbonyl (C=O) groups is 1. The summed E-state index contributed by atoms with van der Waals surface area (Å²) in [6, 6.07) is 15.3. The minimum Gasteiger partial charge on any atom is -0.349 e. The Kier molecular flexibility index (Phi) is 3.81. The van der Waals surface area contributed by atoms with Gasteiger partial charge in [-0.1, -0.05) is 24.3 Å². The molecule has 0 aliphatic carbocycles. The molecule has 7 heteroatoms. The lowest BCUT2D eigenvalue weighted by Crippen LogP contribution is -2.28. The Labute approximate surface area is 143 Å². The van der Waals surface area contributed by atoms with Gasteiger partial charge in [-0.25, -0.2) is 9.97 Å². The number of hydrogen-bond acceptors (Lipinski definition) is 5. The van der Waals surface area contributed by atoms with Crippen molar-refractivity contribution in [1.29, 1.82) is 0 Å². The second kappa shape index (κ2) is 6.27. The Hall–Kier alpha value is -3.35. The molecule has 124 valence electrons. The number of nitrogens with zero attached hydrogens (tertiary/aromatic N) is 5. The van der Waals surface area contributed by atoms with Crippen LogP contribution in [-0.4, -0.2) is 37.2 Å². The molecule has 1 amide bonds. The zero-order valence-electron chi connectivity index (χ0n) is 13.7. The fraction of sp³-hybridized carbons (Fsp3) is 0.167. The molecule has 0 fully saturated rings. The molecular formula is C18H16N6O. The number of para-hydroxylation sites is 3. The Bertz CT molecular complexity index is 1070. The van der Waals surface area contributed by atoms with Crippen molar-refractivity contribution in [3.05, 3.63) is 60.2 Å². The molecule has 0 bridgehead atoms. The molecule has 2 heterocycles. The van der Waals surface area contributed by atoms with Crippen LogP contribution in [0.2, 0.25) is 0 Å². The van der Waals surface area contributed by atoms with Crippen LogP contribution in [0.1, 0.15) is 16.4 Å². The lowest BCUT2D eigenvalue weighted by molar-refractivity contribution is 0.0943. The first kappa shape index (κ1) is 15.2. The van der Waals surface area contributed by atoms with E-state index in [1.54, 1.807) is 6.07 Å². The fourth-order valence-electron chi connectivity index (χ4n) is 2.76. The second-order valence-electron chi connectivity index (χ2n) is 5.71. The van der Waals surface area contributed by atoms with Gasteiger partial charge in [-0.2, -0.15) is 0 Å². The van der Waals surface area contributed by atoms with Crippen molar-refractivity contribution in [2.45, 2.75) is 6.42 Å². The number of aromatic nitrogens is 5. The van der Waals surface area contributed by atoms with Gasteiger partial charge in [0.2, 0.25) is 5.82 Å². The van der Waals surface area contributed by atoms with Crippen molar-refractivity contribution in [2.24, 2.45) is 7.05 Å². The van der Waals surface area contributed by atoms with Crippen molar-refractivity contribution in [1.82, 2.24) is 30.0 Å². The maximum atomic E-state index is 12.2. The van der Waals surface area contributed by atoms with E-state index in [2.05, 4.69) is 25.5 Å². The summed E-state index contributed by atoms with van der Waals surface area (Å²) in [5.41, 5.74) is 3.34. The molecule has 0 saturated heterocycles. The Morgan fingerprint density at radius 1 is 0.960 bits per heavy atom. The molecular weight excluding hydrogens is 316 g/mol. The highest BCUT2D eigenvalue weighted by molar-refractivity contribution is 5.91. The minimum atomic E-state index is -0.336. The Morgan fingerprint density at radius 2 is 1.68 bits per heavy atom. The van der Waals surface area contributed by atoms with Gasteiger partial charge in [-0.05, 0) is 24.3 Å².